The summed E-state index contributed by atoms with van der Waals surface area (Å²) in [5.74, 6) is 0.756. The number of halogens is 2. The van der Waals surface area contributed by atoms with Gasteiger partial charge in [0.25, 0.3) is 0 Å². The van der Waals surface area contributed by atoms with Crippen molar-refractivity contribution in [3.8, 4) is 0 Å². The maximum atomic E-state index is 13.2. The van der Waals surface area contributed by atoms with Crippen LogP contribution in [0.15, 0.2) is 59.1 Å². The van der Waals surface area contributed by atoms with Crippen LogP contribution in [0.25, 0.3) is 0 Å². The normalized spacial score (nSPS) is 26.1. The summed E-state index contributed by atoms with van der Waals surface area (Å²) in [6, 6.07) is 13.5. The zero-order valence-corrected chi connectivity index (χ0v) is 13.0. The van der Waals surface area contributed by atoms with Gasteiger partial charge in [-0.15, -0.1) is 0 Å². The quantitative estimate of drug-likeness (QED) is 0.682. The first-order valence-corrected chi connectivity index (χ1v) is 8.00. The predicted molar refractivity (Wildman–Crippen MR) is 86.9 cm³/mol. The van der Waals surface area contributed by atoms with E-state index in [0.29, 0.717) is 11.8 Å². The van der Waals surface area contributed by atoms with Gasteiger partial charge in [0.05, 0.1) is 6.04 Å². The summed E-state index contributed by atoms with van der Waals surface area (Å²) in [5, 5.41) is 3.65. The van der Waals surface area contributed by atoms with Gasteiger partial charge < -0.3 is 5.32 Å². The third-order valence-electron chi connectivity index (χ3n) is 4.55. The van der Waals surface area contributed by atoms with Crippen LogP contribution in [-0.2, 0) is 0 Å². The van der Waals surface area contributed by atoms with E-state index in [9.17, 15) is 4.39 Å². The van der Waals surface area contributed by atoms with E-state index in [-0.39, 0.29) is 11.9 Å². The Bertz CT molecular complexity index is 708. The molecule has 0 bridgehead atoms. The van der Waals surface area contributed by atoms with Crippen molar-refractivity contribution in [2.24, 2.45) is 5.92 Å². The monoisotopic (exact) mass is 343 g/mol. The van der Waals surface area contributed by atoms with Gasteiger partial charge in [0, 0.05) is 16.1 Å². The molecule has 1 N–H and O–H groups in total. The smallest absolute Gasteiger partial charge is 0.123 e. The van der Waals surface area contributed by atoms with Crippen LogP contribution in [0.4, 0.5) is 10.1 Å². The lowest BCUT2D eigenvalue weighted by Crippen LogP contribution is -2.29. The highest BCUT2D eigenvalue weighted by Gasteiger charge is 2.37. The van der Waals surface area contributed by atoms with Crippen molar-refractivity contribution < 1.29 is 4.39 Å². The van der Waals surface area contributed by atoms with Gasteiger partial charge in [-0.1, -0.05) is 40.2 Å². The summed E-state index contributed by atoms with van der Waals surface area (Å²) in [5.41, 5.74) is 3.69. The molecule has 1 nitrogen and oxygen atoms in total. The highest BCUT2D eigenvalue weighted by molar-refractivity contribution is 9.10. The van der Waals surface area contributed by atoms with Crippen LogP contribution in [0, 0.1) is 11.7 Å². The Morgan fingerprint density at radius 1 is 1.10 bits per heavy atom. The molecule has 3 atom stereocenters. The number of rotatable bonds is 1. The summed E-state index contributed by atoms with van der Waals surface area (Å²) in [7, 11) is 0. The number of benzene rings is 2. The van der Waals surface area contributed by atoms with Crippen LogP contribution in [0.5, 0.6) is 0 Å². The van der Waals surface area contributed by atoms with E-state index in [2.05, 4.69) is 51.6 Å². The molecule has 0 saturated carbocycles. The zero-order chi connectivity index (χ0) is 14.4. The third-order valence-corrected chi connectivity index (χ3v) is 5.05. The minimum absolute atomic E-state index is 0.181. The van der Waals surface area contributed by atoms with E-state index in [1.54, 1.807) is 12.1 Å². The fourth-order valence-electron chi connectivity index (χ4n) is 3.57. The summed E-state index contributed by atoms with van der Waals surface area (Å²) in [4.78, 5) is 0. The van der Waals surface area contributed by atoms with E-state index in [0.717, 1.165) is 16.5 Å². The lowest BCUT2D eigenvalue weighted by atomic mass is 9.77. The third kappa shape index (κ3) is 2.20. The summed E-state index contributed by atoms with van der Waals surface area (Å²) < 4.78 is 14.3. The van der Waals surface area contributed by atoms with Gasteiger partial charge in [-0.05, 0) is 53.8 Å². The number of anilines is 1. The van der Waals surface area contributed by atoms with Crippen LogP contribution in [0.1, 0.15) is 29.5 Å². The first-order valence-electron chi connectivity index (χ1n) is 7.20. The highest BCUT2D eigenvalue weighted by atomic mass is 79.9. The SMILES string of the molecule is Fc1ccc([C@H]2Nc3ccc(Br)cc3[C@H]3C=CC[C@@H]32)cc1. The van der Waals surface area contributed by atoms with Gasteiger partial charge in [0.15, 0.2) is 0 Å². The standard InChI is InChI=1S/C18H15BrFN/c19-12-6-9-17-16(10-12)14-2-1-3-15(14)18(21-17)11-4-7-13(20)8-5-11/h1-2,4-10,14-15,18,21H,3H2/t14-,15-,18+/m0/s1. The first kappa shape index (κ1) is 13.1. The molecular formula is C18H15BrFN. The van der Waals surface area contributed by atoms with Crippen molar-refractivity contribution >= 4 is 21.6 Å². The molecule has 0 radical (unpaired) electrons. The number of nitrogens with one attached hydrogen (secondary N) is 1. The van der Waals surface area contributed by atoms with Crippen LogP contribution < -0.4 is 5.32 Å². The molecule has 0 unspecified atom stereocenters. The van der Waals surface area contributed by atoms with Crippen LogP contribution in [-0.4, -0.2) is 0 Å². The molecule has 21 heavy (non-hydrogen) atoms. The van der Waals surface area contributed by atoms with E-state index >= 15 is 0 Å². The molecule has 0 amide bonds. The molecule has 0 aromatic heterocycles. The second kappa shape index (κ2) is 4.99. The minimum Gasteiger partial charge on any atom is -0.378 e. The molecule has 0 saturated heterocycles. The molecule has 2 aromatic carbocycles. The highest BCUT2D eigenvalue weighted by Crippen LogP contribution is 2.50. The molecule has 0 spiro atoms. The van der Waals surface area contributed by atoms with Crippen LogP contribution in [0.3, 0.4) is 0 Å². The molecular weight excluding hydrogens is 329 g/mol. The average Bonchev–Trinajstić information content (AvgIpc) is 2.97. The Morgan fingerprint density at radius 2 is 1.90 bits per heavy atom. The Kier molecular flexibility index (Phi) is 3.11. The molecule has 1 aliphatic carbocycles. The van der Waals surface area contributed by atoms with Crippen molar-refractivity contribution in [1.29, 1.82) is 0 Å². The van der Waals surface area contributed by atoms with E-state index in [4.69, 9.17) is 0 Å². The summed E-state index contributed by atoms with van der Waals surface area (Å²) in [6.45, 7) is 0. The Hall–Kier alpha value is -1.61. The molecule has 106 valence electrons. The molecule has 1 heterocycles. The van der Waals surface area contributed by atoms with E-state index < -0.39 is 0 Å². The van der Waals surface area contributed by atoms with E-state index in [1.807, 2.05) is 12.1 Å². The Labute approximate surface area is 132 Å². The van der Waals surface area contributed by atoms with Crippen LogP contribution >= 0.6 is 15.9 Å². The van der Waals surface area contributed by atoms with Gasteiger partial charge >= 0.3 is 0 Å². The lowest BCUT2D eigenvalue weighted by Gasteiger charge is -2.37. The van der Waals surface area contributed by atoms with Crippen molar-refractivity contribution in [3.63, 3.8) is 0 Å². The average molecular weight is 344 g/mol. The van der Waals surface area contributed by atoms with Gasteiger partial charge in [-0.2, -0.15) is 0 Å². The van der Waals surface area contributed by atoms with Crippen LogP contribution in [0.2, 0.25) is 0 Å². The predicted octanol–water partition coefficient (Wildman–Crippen LogP) is 5.41. The minimum atomic E-state index is -0.181. The fraction of sp³-hybridized carbons (Fsp3) is 0.222. The summed E-state index contributed by atoms with van der Waals surface area (Å²) in [6.07, 6.45) is 5.64. The number of hydrogen-bond acceptors (Lipinski definition) is 1. The van der Waals surface area contributed by atoms with Gasteiger partial charge in [-0.3, -0.25) is 0 Å². The van der Waals surface area contributed by atoms with Crippen molar-refractivity contribution in [3.05, 3.63) is 76.0 Å². The van der Waals surface area contributed by atoms with E-state index in [1.165, 1.54) is 11.3 Å². The molecule has 3 heteroatoms. The first-order chi connectivity index (χ1) is 10.2. The lowest BCUT2D eigenvalue weighted by molar-refractivity contribution is 0.425. The largest absolute Gasteiger partial charge is 0.378 e. The number of hydrogen-bond donors (Lipinski definition) is 1. The second-order valence-electron chi connectivity index (χ2n) is 5.76. The summed E-state index contributed by atoms with van der Waals surface area (Å²) >= 11 is 3.56. The van der Waals surface area contributed by atoms with Crippen molar-refractivity contribution in [2.75, 3.05) is 5.32 Å². The maximum Gasteiger partial charge on any atom is 0.123 e. The molecule has 0 fully saturated rings. The van der Waals surface area contributed by atoms with Gasteiger partial charge in [0.2, 0.25) is 0 Å². The molecule has 1 aliphatic heterocycles. The number of fused-ring (bicyclic) bond motifs is 3. The zero-order valence-electron chi connectivity index (χ0n) is 11.4. The number of allylic oxidation sites excluding steroid dienone is 2. The maximum absolute atomic E-state index is 13.2. The molecule has 2 aromatic rings. The fourth-order valence-corrected chi connectivity index (χ4v) is 3.94. The Balaban J connectivity index is 1.78. The Morgan fingerprint density at radius 3 is 2.71 bits per heavy atom. The molecule has 2 aliphatic rings. The van der Waals surface area contributed by atoms with Crippen molar-refractivity contribution in [1.82, 2.24) is 0 Å². The van der Waals surface area contributed by atoms with Gasteiger partial charge in [-0.25, -0.2) is 4.39 Å². The van der Waals surface area contributed by atoms with Crippen molar-refractivity contribution in [2.45, 2.75) is 18.4 Å². The topological polar surface area (TPSA) is 12.0 Å². The van der Waals surface area contributed by atoms with Gasteiger partial charge in [0.1, 0.15) is 5.82 Å². The second-order valence-corrected chi connectivity index (χ2v) is 6.67. The molecule has 4 rings (SSSR count).